The van der Waals surface area contributed by atoms with Gasteiger partial charge in [-0.25, -0.2) is 0 Å². The highest BCUT2D eigenvalue weighted by Gasteiger charge is 2.41. The van der Waals surface area contributed by atoms with Crippen LogP contribution in [0.4, 0.5) is 0 Å². The monoisotopic (exact) mass is 287 g/mol. The van der Waals surface area contributed by atoms with Gasteiger partial charge in [-0.15, -0.1) is 0 Å². The lowest BCUT2D eigenvalue weighted by molar-refractivity contribution is -0.0935. The molecule has 0 amide bonds. The van der Waals surface area contributed by atoms with Gasteiger partial charge in [0.2, 0.25) is 0 Å². The molecule has 4 atom stereocenters. The van der Waals surface area contributed by atoms with Crippen molar-refractivity contribution in [1.82, 2.24) is 4.90 Å². The lowest BCUT2D eigenvalue weighted by Crippen LogP contribution is -2.54. The minimum Gasteiger partial charge on any atom is -0.387 e. The number of benzene rings is 1. The first-order valence-corrected chi connectivity index (χ1v) is 8.48. The van der Waals surface area contributed by atoms with E-state index in [0.29, 0.717) is 12.1 Å². The highest BCUT2D eigenvalue weighted by molar-refractivity contribution is 5.31. The molecular weight excluding hydrogens is 262 g/mol. The average Bonchev–Trinajstić information content (AvgIpc) is 2.94. The van der Waals surface area contributed by atoms with E-state index in [1.807, 2.05) is 0 Å². The third kappa shape index (κ3) is 2.41. The molecule has 1 aromatic carbocycles. The standard InChI is InChI=1S/C18H25NO2/c20-18-14-7-2-1-5-13(14)6-3-9-16(18)19-11-12-21-17-10-4-8-15(17)19/h1-2,5,7,15-18,20H,3-4,6,8-12H2. The van der Waals surface area contributed by atoms with Crippen LogP contribution in [0.15, 0.2) is 24.3 Å². The van der Waals surface area contributed by atoms with Crippen LogP contribution in [-0.2, 0) is 11.2 Å². The fourth-order valence-electron chi connectivity index (χ4n) is 4.63. The second-order valence-electron chi connectivity index (χ2n) is 6.75. The predicted molar refractivity (Wildman–Crippen MR) is 82.2 cm³/mol. The first kappa shape index (κ1) is 13.7. The minimum atomic E-state index is -0.344. The lowest BCUT2D eigenvalue weighted by Gasteiger charge is -2.44. The minimum absolute atomic E-state index is 0.267. The van der Waals surface area contributed by atoms with E-state index in [0.717, 1.165) is 31.6 Å². The molecule has 1 aliphatic heterocycles. The Bertz CT molecular complexity index is 504. The van der Waals surface area contributed by atoms with Gasteiger partial charge in [0.05, 0.1) is 18.8 Å². The summed E-state index contributed by atoms with van der Waals surface area (Å²) in [5, 5.41) is 11.0. The van der Waals surface area contributed by atoms with Gasteiger partial charge >= 0.3 is 0 Å². The van der Waals surface area contributed by atoms with Crippen LogP contribution < -0.4 is 0 Å². The first-order chi connectivity index (χ1) is 10.3. The maximum atomic E-state index is 11.0. The second-order valence-corrected chi connectivity index (χ2v) is 6.75. The molecule has 4 rings (SSSR count). The van der Waals surface area contributed by atoms with Crippen molar-refractivity contribution < 1.29 is 9.84 Å². The van der Waals surface area contributed by atoms with E-state index in [1.54, 1.807) is 0 Å². The molecule has 21 heavy (non-hydrogen) atoms. The second kappa shape index (κ2) is 5.71. The van der Waals surface area contributed by atoms with E-state index in [9.17, 15) is 5.11 Å². The molecule has 3 heteroatoms. The molecule has 0 bridgehead atoms. The van der Waals surface area contributed by atoms with Gasteiger partial charge in [-0.3, -0.25) is 4.90 Å². The number of ether oxygens (including phenoxy) is 1. The maximum Gasteiger partial charge on any atom is 0.0947 e. The Kier molecular flexibility index (Phi) is 3.74. The van der Waals surface area contributed by atoms with Crippen LogP contribution in [0, 0.1) is 0 Å². The van der Waals surface area contributed by atoms with Crippen LogP contribution in [0.25, 0.3) is 0 Å². The Hall–Kier alpha value is -0.900. The van der Waals surface area contributed by atoms with Crippen molar-refractivity contribution in [2.24, 2.45) is 0 Å². The van der Waals surface area contributed by atoms with Gasteiger partial charge in [-0.05, 0) is 49.7 Å². The molecule has 3 nitrogen and oxygen atoms in total. The van der Waals surface area contributed by atoms with E-state index in [4.69, 9.17) is 4.74 Å². The Labute approximate surface area is 126 Å². The third-order valence-electron chi connectivity index (χ3n) is 5.64. The van der Waals surface area contributed by atoms with Gasteiger partial charge in [0, 0.05) is 18.6 Å². The maximum absolute atomic E-state index is 11.0. The molecule has 4 unspecified atom stereocenters. The molecule has 3 aliphatic rings. The summed E-state index contributed by atoms with van der Waals surface area (Å²) in [6.45, 7) is 1.80. The summed E-state index contributed by atoms with van der Waals surface area (Å²) < 4.78 is 5.94. The van der Waals surface area contributed by atoms with E-state index >= 15 is 0 Å². The SMILES string of the molecule is OC1c2ccccc2CCCC1N1CCOC2CCCC21. The molecule has 0 radical (unpaired) electrons. The predicted octanol–water partition coefficient (Wildman–Crippen LogP) is 2.68. The number of fused-ring (bicyclic) bond motifs is 2. The van der Waals surface area contributed by atoms with Gasteiger partial charge in [0.1, 0.15) is 0 Å². The van der Waals surface area contributed by atoms with Crippen molar-refractivity contribution in [1.29, 1.82) is 0 Å². The number of aliphatic hydroxyl groups excluding tert-OH is 1. The zero-order valence-corrected chi connectivity index (χ0v) is 12.6. The smallest absolute Gasteiger partial charge is 0.0947 e. The highest BCUT2D eigenvalue weighted by atomic mass is 16.5. The zero-order chi connectivity index (χ0) is 14.2. The van der Waals surface area contributed by atoms with Crippen molar-refractivity contribution in [3.8, 4) is 0 Å². The summed E-state index contributed by atoms with van der Waals surface area (Å²) in [6, 6.07) is 9.24. The molecule has 0 aromatic heterocycles. The highest BCUT2D eigenvalue weighted by Crippen LogP contribution is 2.37. The topological polar surface area (TPSA) is 32.7 Å². The van der Waals surface area contributed by atoms with Crippen molar-refractivity contribution in [2.75, 3.05) is 13.2 Å². The van der Waals surface area contributed by atoms with Gasteiger partial charge in [0.25, 0.3) is 0 Å². The van der Waals surface area contributed by atoms with Crippen LogP contribution >= 0.6 is 0 Å². The zero-order valence-electron chi connectivity index (χ0n) is 12.6. The van der Waals surface area contributed by atoms with Crippen LogP contribution in [-0.4, -0.2) is 41.3 Å². The van der Waals surface area contributed by atoms with Crippen molar-refractivity contribution in [3.05, 3.63) is 35.4 Å². The number of morpholine rings is 1. The summed E-state index contributed by atoms with van der Waals surface area (Å²) in [7, 11) is 0. The molecular formula is C18H25NO2. The van der Waals surface area contributed by atoms with Crippen molar-refractivity contribution in [3.63, 3.8) is 0 Å². The lowest BCUT2D eigenvalue weighted by atomic mass is 9.95. The molecule has 2 aliphatic carbocycles. The summed E-state index contributed by atoms with van der Waals surface area (Å²) in [6.07, 6.45) is 7.13. The van der Waals surface area contributed by atoms with Crippen LogP contribution in [0.3, 0.4) is 0 Å². The van der Waals surface area contributed by atoms with Crippen LogP contribution in [0.2, 0.25) is 0 Å². The quantitative estimate of drug-likeness (QED) is 0.806. The Morgan fingerprint density at radius 3 is 2.86 bits per heavy atom. The Morgan fingerprint density at radius 1 is 1.05 bits per heavy atom. The number of aryl methyl sites for hydroxylation is 1. The Morgan fingerprint density at radius 2 is 1.90 bits per heavy atom. The van der Waals surface area contributed by atoms with Gasteiger partial charge < -0.3 is 9.84 Å². The van der Waals surface area contributed by atoms with Gasteiger partial charge in [-0.1, -0.05) is 24.3 Å². The number of hydrogen-bond acceptors (Lipinski definition) is 3. The fourth-order valence-corrected chi connectivity index (χ4v) is 4.63. The molecule has 1 aromatic rings. The van der Waals surface area contributed by atoms with Gasteiger partial charge in [0.15, 0.2) is 0 Å². The number of rotatable bonds is 1. The number of nitrogens with zero attached hydrogens (tertiary/aromatic N) is 1. The largest absolute Gasteiger partial charge is 0.387 e. The Balaban J connectivity index is 1.62. The normalized spacial score (nSPS) is 36.8. The summed E-state index contributed by atoms with van der Waals surface area (Å²) in [5.74, 6) is 0. The van der Waals surface area contributed by atoms with Crippen LogP contribution in [0.1, 0.15) is 49.3 Å². The average molecular weight is 287 g/mol. The summed E-state index contributed by atoms with van der Waals surface area (Å²) in [4.78, 5) is 2.58. The van der Waals surface area contributed by atoms with E-state index < -0.39 is 0 Å². The molecule has 2 fully saturated rings. The van der Waals surface area contributed by atoms with E-state index in [1.165, 1.54) is 31.2 Å². The molecule has 0 spiro atoms. The summed E-state index contributed by atoms with van der Waals surface area (Å²) in [5.41, 5.74) is 2.49. The van der Waals surface area contributed by atoms with E-state index in [-0.39, 0.29) is 12.1 Å². The fraction of sp³-hybridized carbons (Fsp3) is 0.667. The summed E-state index contributed by atoms with van der Waals surface area (Å²) >= 11 is 0. The van der Waals surface area contributed by atoms with Crippen molar-refractivity contribution >= 4 is 0 Å². The van der Waals surface area contributed by atoms with Gasteiger partial charge in [-0.2, -0.15) is 0 Å². The van der Waals surface area contributed by atoms with Crippen molar-refractivity contribution in [2.45, 2.75) is 62.8 Å². The molecule has 114 valence electrons. The van der Waals surface area contributed by atoms with E-state index in [2.05, 4.69) is 29.2 Å². The number of hydrogen-bond donors (Lipinski definition) is 1. The first-order valence-electron chi connectivity index (χ1n) is 8.48. The molecule has 1 N–H and O–H groups in total. The number of aliphatic hydroxyl groups is 1. The third-order valence-corrected chi connectivity index (χ3v) is 5.64. The van der Waals surface area contributed by atoms with Crippen LogP contribution in [0.5, 0.6) is 0 Å². The molecule has 1 heterocycles. The molecule has 1 saturated carbocycles. The molecule has 1 saturated heterocycles.